The molecule has 5 heterocycles. The molecule has 3 saturated heterocycles. The van der Waals surface area contributed by atoms with E-state index in [9.17, 15) is 4.79 Å². The third-order valence-electron chi connectivity index (χ3n) is 6.15. The van der Waals surface area contributed by atoms with Crippen LogP contribution < -0.4 is 15.1 Å². The van der Waals surface area contributed by atoms with E-state index in [0.29, 0.717) is 18.8 Å². The fourth-order valence-electron chi connectivity index (χ4n) is 4.72. The van der Waals surface area contributed by atoms with E-state index in [2.05, 4.69) is 33.1 Å². The van der Waals surface area contributed by atoms with E-state index in [1.807, 2.05) is 0 Å². The molecule has 8 heteroatoms. The monoisotopic (exact) mass is 385 g/mol. The van der Waals surface area contributed by atoms with Crippen molar-refractivity contribution in [1.82, 2.24) is 10.3 Å². The Balaban J connectivity index is 1.60. The number of carbonyl (C=O) groups is 1. The lowest BCUT2D eigenvalue weighted by Gasteiger charge is -2.38. The van der Waals surface area contributed by atoms with E-state index in [0.717, 1.165) is 75.0 Å². The second-order valence-corrected chi connectivity index (χ2v) is 8.07. The van der Waals surface area contributed by atoms with Gasteiger partial charge in [0.1, 0.15) is 11.7 Å². The highest BCUT2D eigenvalue weighted by atomic mass is 16.5. The molecule has 28 heavy (non-hydrogen) atoms. The number of aliphatic imine (C=N–C) groups is 1. The Morgan fingerprint density at radius 1 is 1.18 bits per heavy atom. The van der Waals surface area contributed by atoms with E-state index < -0.39 is 0 Å². The zero-order valence-electron chi connectivity index (χ0n) is 16.3. The molecule has 5 rings (SSSR count). The van der Waals surface area contributed by atoms with Gasteiger partial charge >= 0.3 is 0 Å². The van der Waals surface area contributed by atoms with Gasteiger partial charge in [0, 0.05) is 44.7 Å². The van der Waals surface area contributed by atoms with Gasteiger partial charge in [-0.15, -0.1) is 0 Å². The Morgan fingerprint density at radius 3 is 2.64 bits per heavy atom. The minimum Gasteiger partial charge on any atom is -0.378 e. The summed E-state index contributed by atoms with van der Waals surface area (Å²) < 4.78 is 11.6. The van der Waals surface area contributed by atoms with Crippen molar-refractivity contribution in [2.75, 3.05) is 55.7 Å². The number of amidine groups is 1. The molecule has 1 amide bonds. The highest BCUT2D eigenvalue weighted by Crippen LogP contribution is 2.37. The molecular weight excluding hydrogens is 358 g/mol. The van der Waals surface area contributed by atoms with Crippen molar-refractivity contribution in [3.05, 3.63) is 17.3 Å². The summed E-state index contributed by atoms with van der Waals surface area (Å²) in [4.78, 5) is 25.6. The molecule has 8 nitrogen and oxygen atoms in total. The summed E-state index contributed by atoms with van der Waals surface area (Å²) in [6.45, 7) is 7.69. The number of aromatic nitrogens is 1. The maximum atomic E-state index is 11.2. The van der Waals surface area contributed by atoms with Crippen LogP contribution in [0, 0.1) is 0 Å². The molecule has 150 valence electrons. The fourth-order valence-corrected chi connectivity index (χ4v) is 4.72. The van der Waals surface area contributed by atoms with Crippen molar-refractivity contribution in [2.45, 2.75) is 37.9 Å². The van der Waals surface area contributed by atoms with Crippen molar-refractivity contribution in [2.24, 2.45) is 4.99 Å². The van der Waals surface area contributed by atoms with E-state index in [1.54, 1.807) is 0 Å². The van der Waals surface area contributed by atoms with Crippen molar-refractivity contribution in [1.29, 1.82) is 0 Å². The normalized spacial score (nSPS) is 29.3. The summed E-state index contributed by atoms with van der Waals surface area (Å²) in [5.41, 5.74) is 3.12. The first-order valence-electron chi connectivity index (χ1n) is 10.3. The van der Waals surface area contributed by atoms with E-state index in [4.69, 9.17) is 14.5 Å². The van der Waals surface area contributed by atoms with Gasteiger partial charge < -0.3 is 24.6 Å². The first-order chi connectivity index (χ1) is 13.7. The number of rotatable bonds is 3. The molecule has 0 spiro atoms. The van der Waals surface area contributed by atoms with Crippen molar-refractivity contribution >= 4 is 23.8 Å². The van der Waals surface area contributed by atoms with Crippen molar-refractivity contribution in [3.63, 3.8) is 0 Å². The van der Waals surface area contributed by atoms with Crippen LogP contribution >= 0.6 is 0 Å². The topological polar surface area (TPSA) is 79.3 Å². The van der Waals surface area contributed by atoms with Crippen LogP contribution in [0.3, 0.4) is 0 Å². The number of nitrogens with one attached hydrogen (secondary N) is 1. The highest BCUT2D eigenvalue weighted by Gasteiger charge is 2.37. The van der Waals surface area contributed by atoms with Crippen LogP contribution in [0.2, 0.25) is 0 Å². The van der Waals surface area contributed by atoms with Crippen molar-refractivity contribution < 1.29 is 14.3 Å². The SMILES string of the molecule is CC1CN=C(NC=O)c2c(N3CC4CCC(C3)O4)cc(N3CCOCC3)nc21. The number of fused-ring (bicyclic) bond motifs is 3. The standard InChI is InChI=1S/C20H27N5O3/c1-13-9-21-20(22-12-26)18-16(25-10-14-2-3-15(11-25)28-14)8-17(23-19(13)18)24-4-6-27-7-5-24/h8,12-15H,2-7,9-11H2,1H3,(H,21,22,26). The fraction of sp³-hybridized carbons (Fsp3) is 0.650. The molecule has 0 aromatic carbocycles. The third-order valence-corrected chi connectivity index (χ3v) is 6.15. The number of nitrogens with zero attached hydrogens (tertiary/aromatic N) is 4. The van der Waals surface area contributed by atoms with E-state index in [-0.39, 0.29) is 18.1 Å². The quantitative estimate of drug-likeness (QED) is 0.779. The van der Waals surface area contributed by atoms with Gasteiger partial charge in [-0.3, -0.25) is 9.79 Å². The Bertz CT molecular complexity index is 780. The summed E-state index contributed by atoms with van der Waals surface area (Å²) in [6, 6.07) is 2.18. The number of hydrogen-bond donors (Lipinski definition) is 1. The predicted molar refractivity (Wildman–Crippen MR) is 106 cm³/mol. The molecule has 4 aliphatic rings. The molecule has 1 aromatic rings. The van der Waals surface area contributed by atoms with Crippen LogP contribution in [-0.2, 0) is 14.3 Å². The molecule has 0 saturated carbocycles. The van der Waals surface area contributed by atoms with Crippen LogP contribution in [-0.4, -0.2) is 75.4 Å². The van der Waals surface area contributed by atoms with Crippen LogP contribution in [0.4, 0.5) is 11.5 Å². The number of amides is 1. The Hall–Kier alpha value is -2.19. The first kappa shape index (κ1) is 17.9. The molecule has 0 radical (unpaired) electrons. The highest BCUT2D eigenvalue weighted by molar-refractivity contribution is 6.09. The first-order valence-corrected chi connectivity index (χ1v) is 10.3. The van der Waals surface area contributed by atoms with Crippen LogP contribution in [0.15, 0.2) is 11.1 Å². The average Bonchev–Trinajstić information content (AvgIpc) is 3.07. The maximum absolute atomic E-state index is 11.2. The van der Waals surface area contributed by atoms with Crippen LogP contribution in [0.25, 0.3) is 0 Å². The number of anilines is 2. The second-order valence-electron chi connectivity index (χ2n) is 8.07. The Kier molecular flexibility index (Phi) is 4.68. The maximum Gasteiger partial charge on any atom is 0.212 e. The summed E-state index contributed by atoms with van der Waals surface area (Å²) in [5.74, 6) is 1.85. The molecule has 2 bridgehead atoms. The minimum atomic E-state index is 0.213. The largest absolute Gasteiger partial charge is 0.378 e. The molecule has 3 fully saturated rings. The molecular formula is C20H27N5O3. The van der Waals surface area contributed by atoms with Gasteiger partial charge in [-0.2, -0.15) is 0 Å². The lowest BCUT2D eigenvalue weighted by Crippen LogP contribution is -2.44. The lowest BCUT2D eigenvalue weighted by atomic mass is 9.95. The summed E-state index contributed by atoms with van der Waals surface area (Å²) in [7, 11) is 0. The lowest BCUT2D eigenvalue weighted by molar-refractivity contribution is -0.108. The molecule has 3 unspecified atom stereocenters. The molecule has 3 atom stereocenters. The number of carbonyl (C=O) groups excluding carboxylic acids is 1. The van der Waals surface area contributed by atoms with Gasteiger partial charge in [0.2, 0.25) is 6.41 Å². The summed E-state index contributed by atoms with van der Waals surface area (Å²) >= 11 is 0. The molecule has 1 N–H and O–H groups in total. The number of hydrogen-bond acceptors (Lipinski definition) is 7. The van der Waals surface area contributed by atoms with Gasteiger partial charge in [-0.25, -0.2) is 4.98 Å². The zero-order valence-corrected chi connectivity index (χ0v) is 16.3. The van der Waals surface area contributed by atoms with Gasteiger partial charge in [0.25, 0.3) is 0 Å². The van der Waals surface area contributed by atoms with E-state index >= 15 is 0 Å². The molecule has 0 aliphatic carbocycles. The van der Waals surface area contributed by atoms with Crippen molar-refractivity contribution in [3.8, 4) is 0 Å². The zero-order chi connectivity index (χ0) is 19.1. The third kappa shape index (κ3) is 3.14. The average molecular weight is 385 g/mol. The Labute approximate surface area is 164 Å². The Morgan fingerprint density at radius 2 is 1.93 bits per heavy atom. The van der Waals surface area contributed by atoms with Gasteiger partial charge in [-0.05, 0) is 12.8 Å². The molecule has 1 aromatic heterocycles. The number of pyridine rings is 1. The number of morpholine rings is 2. The van der Waals surface area contributed by atoms with Gasteiger partial charge in [0.15, 0.2) is 0 Å². The summed E-state index contributed by atoms with van der Waals surface area (Å²) in [6.07, 6.45) is 3.52. The predicted octanol–water partition coefficient (Wildman–Crippen LogP) is 0.896. The van der Waals surface area contributed by atoms with Gasteiger partial charge in [-0.1, -0.05) is 6.92 Å². The van der Waals surface area contributed by atoms with Crippen LogP contribution in [0.1, 0.15) is 36.9 Å². The second kappa shape index (κ2) is 7.33. The van der Waals surface area contributed by atoms with Gasteiger partial charge in [0.05, 0.1) is 42.4 Å². The number of ether oxygens (including phenoxy) is 2. The molecule has 4 aliphatic heterocycles. The van der Waals surface area contributed by atoms with E-state index in [1.165, 1.54) is 0 Å². The smallest absolute Gasteiger partial charge is 0.212 e. The van der Waals surface area contributed by atoms with Crippen LogP contribution in [0.5, 0.6) is 0 Å². The summed E-state index contributed by atoms with van der Waals surface area (Å²) in [5, 5.41) is 2.82. The minimum absolute atomic E-state index is 0.213.